The molecule has 108 valence electrons. The number of carbonyl (C=O) groups is 3. The topological polar surface area (TPSA) is 82.0 Å². The molecule has 1 aliphatic carbocycles. The van der Waals surface area contributed by atoms with Crippen molar-refractivity contribution in [2.75, 3.05) is 14.2 Å². The van der Waals surface area contributed by atoms with E-state index in [1.807, 2.05) is 13.8 Å². The van der Waals surface area contributed by atoms with Gasteiger partial charge in [0, 0.05) is 12.1 Å². The van der Waals surface area contributed by atoms with Gasteiger partial charge in [0.15, 0.2) is 5.70 Å². The first-order valence-electron chi connectivity index (χ1n) is 6.31. The lowest BCUT2D eigenvalue weighted by Crippen LogP contribution is -2.38. The zero-order valence-electron chi connectivity index (χ0n) is 12.0. The number of Topliss-reactive ketones (excluding diaryl/α,β-unsaturated/α-hetero) is 1. The van der Waals surface area contributed by atoms with Crippen LogP contribution >= 0.6 is 0 Å². The van der Waals surface area contributed by atoms with Crippen molar-refractivity contribution in [1.82, 2.24) is 0 Å². The number of rotatable bonds is 2. The summed E-state index contributed by atoms with van der Waals surface area (Å²) in [6.07, 6.45) is 0.899. The number of hydrogen-bond donors (Lipinski definition) is 0. The van der Waals surface area contributed by atoms with Gasteiger partial charge in [-0.2, -0.15) is 0 Å². The third-order valence-corrected chi connectivity index (χ3v) is 3.55. The first-order chi connectivity index (χ1) is 9.30. The highest BCUT2D eigenvalue weighted by Gasteiger charge is 2.47. The molecule has 1 aliphatic heterocycles. The van der Waals surface area contributed by atoms with E-state index in [0.29, 0.717) is 18.6 Å². The quantitative estimate of drug-likeness (QED) is 0.705. The number of esters is 2. The van der Waals surface area contributed by atoms with Crippen LogP contribution in [0.5, 0.6) is 0 Å². The molecule has 2 aliphatic rings. The molecule has 0 aromatic rings. The molecular formula is C14H17NO5. The minimum Gasteiger partial charge on any atom is -0.466 e. The molecule has 0 amide bonds. The SMILES string of the molecule is COC(=O)C1=C(C(=O)OC)C2C(=O)CC(C)(C)CC2=N1. The highest BCUT2D eigenvalue weighted by atomic mass is 16.5. The molecule has 1 heterocycles. The minimum atomic E-state index is -0.760. The fraction of sp³-hybridized carbons (Fsp3) is 0.571. The van der Waals surface area contributed by atoms with Gasteiger partial charge in [-0.3, -0.25) is 4.79 Å². The second kappa shape index (κ2) is 4.85. The van der Waals surface area contributed by atoms with Gasteiger partial charge in [-0.05, 0) is 11.8 Å². The van der Waals surface area contributed by atoms with Gasteiger partial charge in [-0.25, -0.2) is 14.6 Å². The fourth-order valence-electron chi connectivity index (χ4n) is 2.76. The average molecular weight is 279 g/mol. The average Bonchev–Trinajstić information content (AvgIpc) is 2.74. The zero-order valence-corrected chi connectivity index (χ0v) is 12.0. The number of aliphatic imine (C=N–C) groups is 1. The smallest absolute Gasteiger partial charge is 0.357 e. The van der Waals surface area contributed by atoms with Crippen LogP contribution in [-0.4, -0.2) is 37.7 Å². The van der Waals surface area contributed by atoms with Gasteiger partial charge in [-0.1, -0.05) is 13.8 Å². The lowest BCUT2D eigenvalue weighted by Gasteiger charge is -2.32. The number of ether oxygens (including phenoxy) is 2. The molecule has 20 heavy (non-hydrogen) atoms. The molecule has 0 bridgehead atoms. The maximum absolute atomic E-state index is 12.3. The summed E-state index contributed by atoms with van der Waals surface area (Å²) < 4.78 is 9.31. The van der Waals surface area contributed by atoms with E-state index in [-0.39, 0.29) is 22.5 Å². The number of methoxy groups -OCH3 is 2. The summed E-state index contributed by atoms with van der Waals surface area (Å²) >= 11 is 0. The summed E-state index contributed by atoms with van der Waals surface area (Å²) in [6, 6.07) is 0. The van der Waals surface area contributed by atoms with Gasteiger partial charge in [-0.15, -0.1) is 0 Å². The number of ketones is 1. The summed E-state index contributed by atoms with van der Waals surface area (Å²) in [5.74, 6) is -2.30. The number of hydrogen-bond acceptors (Lipinski definition) is 6. The van der Waals surface area contributed by atoms with E-state index < -0.39 is 17.9 Å². The Bertz CT molecular complexity index is 556. The Morgan fingerprint density at radius 3 is 2.30 bits per heavy atom. The van der Waals surface area contributed by atoms with Crippen molar-refractivity contribution < 1.29 is 23.9 Å². The predicted molar refractivity (Wildman–Crippen MR) is 70.0 cm³/mol. The van der Waals surface area contributed by atoms with Crippen LogP contribution in [0, 0.1) is 11.3 Å². The molecule has 2 rings (SSSR count). The van der Waals surface area contributed by atoms with Crippen molar-refractivity contribution in [2.24, 2.45) is 16.3 Å². The van der Waals surface area contributed by atoms with E-state index in [1.54, 1.807) is 0 Å². The van der Waals surface area contributed by atoms with Crippen LogP contribution in [0.25, 0.3) is 0 Å². The maximum atomic E-state index is 12.3. The van der Waals surface area contributed by atoms with Crippen LogP contribution in [0.2, 0.25) is 0 Å². The van der Waals surface area contributed by atoms with Crippen molar-refractivity contribution in [3.63, 3.8) is 0 Å². The monoisotopic (exact) mass is 279 g/mol. The maximum Gasteiger partial charge on any atom is 0.357 e. The minimum absolute atomic E-state index is 0.00912. The van der Waals surface area contributed by atoms with Gasteiger partial charge in [0.2, 0.25) is 0 Å². The van der Waals surface area contributed by atoms with E-state index >= 15 is 0 Å². The fourth-order valence-corrected chi connectivity index (χ4v) is 2.76. The summed E-state index contributed by atoms with van der Waals surface area (Å²) in [4.78, 5) is 40.1. The highest BCUT2D eigenvalue weighted by Crippen LogP contribution is 2.41. The summed E-state index contributed by atoms with van der Waals surface area (Å²) in [5, 5.41) is 0. The van der Waals surface area contributed by atoms with Gasteiger partial charge >= 0.3 is 11.9 Å². The molecule has 1 atom stereocenters. The van der Waals surface area contributed by atoms with Crippen molar-refractivity contribution in [2.45, 2.75) is 26.7 Å². The highest BCUT2D eigenvalue weighted by molar-refractivity contribution is 6.21. The zero-order chi connectivity index (χ0) is 15.1. The van der Waals surface area contributed by atoms with Crippen molar-refractivity contribution in [3.8, 4) is 0 Å². The van der Waals surface area contributed by atoms with Crippen molar-refractivity contribution in [3.05, 3.63) is 11.3 Å². The second-order valence-corrected chi connectivity index (χ2v) is 5.77. The second-order valence-electron chi connectivity index (χ2n) is 5.77. The van der Waals surface area contributed by atoms with Crippen LogP contribution < -0.4 is 0 Å². The first kappa shape index (κ1) is 14.4. The van der Waals surface area contributed by atoms with Gasteiger partial charge < -0.3 is 9.47 Å². The van der Waals surface area contributed by atoms with E-state index in [4.69, 9.17) is 0 Å². The molecule has 0 N–H and O–H groups in total. The largest absolute Gasteiger partial charge is 0.466 e. The van der Waals surface area contributed by atoms with Crippen LogP contribution in [0.3, 0.4) is 0 Å². The van der Waals surface area contributed by atoms with E-state index in [2.05, 4.69) is 14.5 Å². The molecule has 6 heteroatoms. The van der Waals surface area contributed by atoms with Crippen LogP contribution in [0.15, 0.2) is 16.3 Å². The van der Waals surface area contributed by atoms with Crippen LogP contribution in [0.1, 0.15) is 26.7 Å². The summed E-state index contributed by atoms with van der Waals surface area (Å²) in [6.45, 7) is 3.91. The molecule has 1 saturated carbocycles. The Hall–Kier alpha value is -1.98. The summed E-state index contributed by atoms with van der Waals surface area (Å²) in [5.41, 5.74) is 0.228. The lowest BCUT2D eigenvalue weighted by molar-refractivity contribution is -0.140. The molecule has 0 spiro atoms. The van der Waals surface area contributed by atoms with E-state index in [9.17, 15) is 14.4 Å². The summed E-state index contributed by atoms with van der Waals surface area (Å²) in [7, 11) is 2.41. The number of fused-ring (bicyclic) bond motifs is 1. The first-order valence-corrected chi connectivity index (χ1v) is 6.31. The molecule has 0 saturated heterocycles. The third-order valence-electron chi connectivity index (χ3n) is 3.55. The lowest BCUT2D eigenvalue weighted by atomic mass is 9.70. The third kappa shape index (κ3) is 2.26. The number of nitrogens with zero attached hydrogens (tertiary/aromatic N) is 1. The van der Waals surface area contributed by atoms with Crippen LogP contribution in [0.4, 0.5) is 0 Å². The van der Waals surface area contributed by atoms with Gasteiger partial charge in [0.25, 0.3) is 0 Å². The van der Waals surface area contributed by atoms with Gasteiger partial charge in [0.05, 0.1) is 25.7 Å². The molecule has 6 nitrogen and oxygen atoms in total. The Kier molecular flexibility index (Phi) is 3.50. The molecule has 0 aromatic carbocycles. The molecular weight excluding hydrogens is 262 g/mol. The molecule has 1 unspecified atom stereocenters. The number of carbonyl (C=O) groups excluding carboxylic acids is 3. The van der Waals surface area contributed by atoms with E-state index in [1.165, 1.54) is 14.2 Å². The van der Waals surface area contributed by atoms with Gasteiger partial charge in [0.1, 0.15) is 5.78 Å². The van der Waals surface area contributed by atoms with E-state index in [0.717, 1.165) is 0 Å². The van der Waals surface area contributed by atoms with Crippen molar-refractivity contribution >= 4 is 23.4 Å². The normalized spacial score (nSPS) is 24.1. The molecule has 1 fully saturated rings. The Morgan fingerprint density at radius 1 is 1.15 bits per heavy atom. The Balaban J connectivity index is 2.50. The predicted octanol–water partition coefficient (Wildman–Crippen LogP) is 1.05. The molecule has 0 radical (unpaired) electrons. The van der Waals surface area contributed by atoms with Crippen molar-refractivity contribution in [1.29, 1.82) is 0 Å². The Labute approximate surface area is 116 Å². The standard InChI is InChI=1S/C14H17NO5/c1-14(2)5-7-9(8(16)6-14)10(12(17)19-3)11(15-7)13(18)20-4/h9H,5-6H2,1-4H3. The Morgan fingerprint density at radius 2 is 1.75 bits per heavy atom. The van der Waals surface area contributed by atoms with Crippen LogP contribution in [-0.2, 0) is 23.9 Å². The molecule has 0 aromatic heterocycles.